The average Bonchev–Trinajstić information content (AvgIpc) is 2.43. The molecular formula is C15H11Cl2FO2. The Morgan fingerprint density at radius 1 is 1.15 bits per heavy atom. The Kier molecular flexibility index (Phi) is 4.63. The van der Waals surface area contributed by atoms with Gasteiger partial charge >= 0.3 is 0 Å². The van der Waals surface area contributed by atoms with Crippen LogP contribution in [0.4, 0.5) is 4.39 Å². The first kappa shape index (κ1) is 14.8. The Morgan fingerprint density at radius 3 is 2.40 bits per heavy atom. The van der Waals surface area contributed by atoms with E-state index < -0.39 is 11.9 Å². The minimum absolute atomic E-state index is 0.0476. The van der Waals surface area contributed by atoms with Crippen LogP contribution in [0.15, 0.2) is 42.5 Å². The maximum Gasteiger partial charge on any atom is 0.202 e. The number of ketones is 1. The molecular weight excluding hydrogens is 302 g/mol. The molecule has 0 bridgehead atoms. The fraction of sp³-hybridized carbons (Fsp3) is 0.133. The summed E-state index contributed by atoms with van der Waals surface area (Å²) < 4.78 is 18.5. The van der Waals surface area contributed by atoms with Crippen molar-refractivity contribution < 1.29 is 13.9 Å². The van der Waals surface area contributed by atoms with E-state index in [1.165, 1.54) is 18.2 Å². The summed E-state index contributed by atoms with van der Waals surface area (Å²) in [5, 5.41) is 0.508. The van der Waals surface area contributed by atoms with Crippen LogP contribution in [0.3, 0.4) is 0 Å². The summed E-state index contributed by atoms with van der Waals surface area (Å²) in [7, 11) is 0. The van der Waals surface area contributed by atoms with Crippen molar-refractivity contribution in [2.75, 3.05) is 0 Å². The Labute approximate surface area is 126 Å². The summed E-state index contributed by atoms with van der Waals surface area (Å²) in [5.74, 6) is -0.385. The third-order valence-corrected chi connectivity index (χ3v) is 3.24. The van der Waals surface area contributed by atoms with E-state index in [1.54, 1.807) is 31.2 Å². The molecule has 0 spiro atoms. The highest BCUT2D eigenvalue weighted by atomic mass is 35.5. The molecule has 2 aromatic carbocycles. The van der Waals surface area contributed by atoms with Crippen LogP contribution in [0.25, 0.3) is 0 Å². The molecule has 0 aliphatic rings. The van der Waals surface area contributed by atoms with Gasteiger partial charge < -0.3 is 4.74 Å². The van der Waals surface area contributed by atoms with Crippen LogP contribution in [0, 0.1) is 5.82 Å². The fourth-order valence-corrected chi connectivity index (χ4v) is 1.95. The fourth-order valence-electron chi connectivity index (χ4n) is 1.66. The zero-order valence-electron chi connectivity index (χ0n) is 10.6. The van der Waals surface area contributed by atoms with Gasteiger partial charge in [0.15, 0.2) is 6.10 Å². The van der Waals surface area contributed by atoms with Crippen molar-refractivity contribution >= 4 is 29.0 Å². The van der Waals surface area contributed by atoms with Crippen molar-refractivity contribution in [3.63, 3.8) is 0 Å². The van der Waals surface area contributed by atoms with Crippen LogP contribution in [0.1, 0.15) is 17.3 Å². The first-order valence-corrected chi connectivity index (χ1v) is 6.64. The van der Waals surface area contributed by atoms with Gasteiger partial charge in [0.2, 0.25) is 5.78 Å². The molecule has 2 nitrogen and oxygen atoms in total. The number of halogens is 3. The molecule has 0 amide bonds. The van der Waals surface area contributed by atoms with Gasteiger partial charge in [-0.05, 0) is 43.3 Å². The predicted octanol–water partition coefficient (Wildman–Crippen LogP) is 4.78. The number of hydrogen-bond acceptors (Lipinski definition) is 2. The van der Waals surface area contributed by atoms with E-state index in [9.17, 15) is 9.18 Å². The van der Waals surface area contributed by atoms with Crippen LogP contribution in [0.5, 0.6) is 5.75 Å². The number of rotatable bonds is 4. The summed E-state index contributed by atoms with van der Waals surface area (Å²) in [6.45, 7) is 1.62. The van der Waals surface area contributed by atoms with Gasteiger partial charge in [-0.3, -0.25) is 4.79 Å². The molecule has 0 N–H and O–H groups in total. The molecule has 1 unspecified atom stereocenters. The molecule has 0 aliphatic carbocycles. The standard InChI is InChI=1S/C15H11Cl2FO2/c1-9(15(19)10-2-4-11(16)5-3-10)20-12-6-7-14(18)13(17)8-12/h2-9H,1H3. The molecule has 104 valence electrons. The number of Topliss-reactive ketones (excluding diaryl/α,β-unsaturated/α-hetero) is 1. The van der Waals surface area contributed by atoms with Crippen LogP contribution in [0.2, 0.25) is 10.0 Å². The lowest BCUT2D eigenvalue weighted by atomic mass is 10.1. The van der Waals surface area contributed by atoms with Crippen molar-refractivity contribution in [1.29, 1.82) is 0 Å². The van der Waals surface area contributed by atoms with Gasteiger partial charge in [0.25, 0.3) is 0 Å². The van der Waals surface area contributed by atoms with E-state index in [2.05, 4.69) is 0 Å². The largest absolute Gasteiger partial charge is 0.483 e. The number of hydrogen-bond donors (Lipinski definition) is 0. The summed E-state index contributed by atoms with van der Waals surface area (Å²) in [6.07, 6.45) is -0.710. The van der Waals surface area contributed by atoms with E-state index in [4.69, 9.17) is 27.9 Å². The molecule has 0 aromatic heterocycles. The van der Waals surface area contributed by atoms with Crippen molar-refractivity contribution in [3.8, 4) is 5.75 Å². The van der Waals surface area contributed by atoms with Gasteiger partial charge in [0.05, 0.1) is 5.02 Å². The highest BCUT2D eigenvalue weighted by Gasteiger charge is 2.17. The average molecular weight is 313 g/mol. The van der Waals surface area contributed by atoms with Gasteiger partial charge in [0, 0.05) is 16.7 Å². The Morgan fingerprint density at radius 2 is 1.80 bits per heavy atom. The van der Waals surface area contributed by atoms with Crippen LogP contribution < -0.4 is 4.74 Å². The summed E-state index contributed by atoms with van der Waals surface area (Å²) in [6, 6.07) is 10.5. The second-order valence-electron chi connectivity index (χ2n) is 4.21. The molecule has 5 heteroatoms. The smallest absolute Gasteiger partial charge is 0.202 e. The third kappa shape index (κ3) is 3.50. The normalized spacial score (nSPS) is 12.0. The lowest BCUT2D eigenvalue weighted by Crippen LogP contribution is -2.23. The maximum absolute atomic E-state index is 13.0. The molecule has 0 saturated heterocycles. The van der Waals surface area contributed by atoms with Crippen molar-refractivity contribution in [2.24, 2.45) is 0 Å². The molecule has 0 heterocycles. The quantitative estimate of drug-likeness (QED) is 0.759. The number of ether oxygens (including phenoxy) is 1. The summed E-state index contributed by atoms with van der Waals surface area (Å²) in [5.41, 5.74) is 0.495. The molecule has 0 fully saturated rings. The topological polar surface area (TPSA) is 26.3 Å². The molecule has 0 radical (unpaired) electrons. The number of carbonyl (C=O) groups is 1. The molecule has 0 aliphatic heterocycles. The Balaban J connectivity index is 2.11. The molecule has 0 saturated carbocycles. The van der Waals surface area contributed by atoms with Crippen LogP contribution in [-0.4, -0.2) is 11.9 Å². The summed E-state index contributed by atoms with van der Waals surface area (Å²) in [4.78, 5) is 12.1. The van der Waals surface area contributed by atoms with Gasteiger partial charge in [-0.1, -0.05) is 23.2 Å². The van der Waals surface area contributed by atoms with Crippen molar-refractivity contribution in [3.05, 3.63) is 63.9 Å². The lowest BCUT2D eigenvalue weighted by Gasteiger charge is -2.14. The van der Waals surface area contributed by atoms with E-state index in [1.807, 2.05) is 0 Å². The molecule has 2 aromatic rings. The molecule has 1 atom stereocenters. The zero-order valence-corrected chi connectivity index (χ0v) is 12.1. The third-order valence-electron chi connectivity index (χ3n) is 2.70. The van der Waals surface area contributed by atoms with Gasteiger partial charge in [-0.15, -0.1) is 0 Å². The first-order chi connectivity index (χ1) is 9.47. The van der Waals surface area contributed by atoms with Crippen LogP contribution in [-0.2, 0) is 0 Å². The van der Waals surface area contributed by atoms with Gasteiger partial charge in [0.1, 0.15) is 11.6 Å². The lowest BCUT2D eigenvalue weighted by molar-refractivity contribution is 0.0818. The first-order valence-electron chi connectivity index (χ1n) is 5.89. The predicted molar refractivity (Wildman–Crippen MR) is 77.3 cm³/mol. The minimum Gasteiger partial charge on any atom is -0.483 e. The van der Waals surface area contributed by atoms with Gasteiger partial charge in [-0.2, -0.15) is 0 Å². The van der Waals surface area contributed by atoms with E-state index in [0.29, 0.717) is 16.3 Å². The Bertz CT molecular complexity index is 626. The van der Waals surface area contributed by atoms with E-state index in [-0.39, 0.29) is 10.8 Å². The highest BCUT2D eigenvalue weighted by Crippen LogP contribution is 2.22. The second kappa shape index (κ2) is 6.25. The van der Waals surface area contributed by atoms with E-state index >= 15 is 0 Å². The van der Waals surface area contributed by atoms with Crippen molar-refractivity contribution in [1.82, 2.24) is 0 Å². The minimum atomic E-state index is -0.710. The van der Waals surface area contributed by atoms with Crippen LogP contribution >= 0.6 is 23.2 Å². The molecule has 2 rings (SSSR count). The highest BCUT2D eigenvalue weighted by molar-refractivity contribution is 6.31. The van der Waals surface area contributed by atoms with Crippen molar-refractivity contribution in [2.45, 2.75) is 13.0 Å². The number of benzene rings is 2. The maximum atomic E-state index is 13.0. The SMILES string of the molecule is CC(Oc1ccc(F)c(Cl)c1)C(=O)c1ccc(Cl)cc1. The second-order valence-corrected chi connectivity index (χ2v) is 5.05. The van der Waals surface area contributed by atoms with Gasteiger partial charge in [-0.25, -0.2) is 4.39 Å². The molecule has 20 heavy (non-hydrogen) atoms. The van der Waals surface area contributed by atoms with E-state index in [0.717, 1.165) is 0 Å². The zero-order chi connectivity index (χ0) is 14.7. The Hall–Kier alpha value is -1.58. The summed E-state index contributed by atoms with van der Waals surface area (Å²) >= 11 is 11.4. The number of carbonyl (C=O) groups excluding carboxylic acids is 1. The monoisotopic (exact) mass is 312 g/mol.